The first-order valence-electron chi connectivity index (χ1n) is 9.39. The molecule has 0 aromatic heterocycles. The molecule has 1 aromatic rings. The Morgan fingerprint density at radius 3 is 2.53 bits per heavy atom. The number of benzene rings is 1. The van der Waals surface area contributed by atoms with Crippen LogP contribution in [0.3, 0.4) is 0 Å². The average Bonchev–Trinajstić information content (AvgIpc) is 3.13. The van der Waals surface area contributed by atoms with Crippen LogP contribution in [0, 0.1) is 5.92 Å². The molecule has 0 saturated carbocycles. The van der Waals surface area contributed by atoms with E-state index in [1.54, 1.807) is 0 Å². The first-order chi connectivity index (χ1) is 13.7. The normalized spacial score (nSPS) is 18.7. The molecule has 1 saturated heterocycles. The van der Waals surface area contributed by atoms with E-state index in [1.165, 1.54) is 34.8 Å². The zero-order chi connectivity index (χ0) is 21.4. The van der Waals surface area contributed by atoms with Gasteiger partial charge in [-0.3, -0.25) is 4.99 Å². The number of ether oxygens (including phenoxy) is 1. The quantitative estimate of drug-likeness (QED) is 0.241. The molecule has 0 bridgehead atoms. The molecule has 0 radical (unpaired) electrons. The number of guanidine groups is 1. The third-order valence-corrected chi connectivity index (χ3v) is 5.80. The molecule has 1 aliphatic heterocycles. The van der Waals surface area contributed by atoms with Gasteiger partial charge in [0, 0.05) is 26.2 Å². The second kappa shape index (κ2) is 12.6. The van der Waals surface area contributed by atoms with Gasteiger partial charge in [-0.05, 0) is 37.0 Å². The molecule has 12 heteroatoms. The van der Waals surface area contributed by atoms with Crippen LogP contribution in [0.2, 0.25) is 0 Å². The maximum atomic E-state index is 12.2. The van der Waals surface area contributed by atoms with Crippen LogP contribution in [-0.2, 0) is 10.0 Å². The Balaban J connectivity index is 0.00000450. The zero-order valence-electron chi connectivity index (χ0n) is 16.9. The van der Waals surface area contributed by atoms with E-state index in [1.807, 2.05) is 6.92 Å². The van der Waals surface area contributed by atoms with Gasteiger partial charge in [0.05, 0.1) is 18.9 Å². The topological polar surface area (TPSA) is 103 Å². The third-order valence-electron chi connectivity index (χ3n) is 4.53. The van der Waals surface area contributed by atoms with Crippen molar-refractivity contribution in [3.63, 3.8) is 0 Å². The van der Waals surface area contributed by atoms with Crippen molar-refractivity contribution in [1.29, 1.82) is 0 Å². The number of rotatable bonds is 9. The summed E-state index contributed by atoms with van der Waals surface area (Å²) in [6, 6.07) is 5.75. The van der Waals surface area contributed by atoms with E-state index >= 15 is 0 Å². The summed E-state index contributed by atoms with van der Waals surface area (Å²) in [6.45, 7) is 1.27. The van der Waals surface area contributed by atoms with Gasteiger partial charge in [-0.15, -0.1) is 24.0 Å². The maximum Gasteiger partial charge on any atom is 0.387 e. The first kappa shape index (κ1) is 26.8. The molecule has 1 aromatic carbocycles. The van der Waals surface area contributed by atoms with Crippen LogP contribution in [0.25, 0.3) is 0 Å². The summed E-state index contributed by atoms with van der Waals surface area (Å²) in [4.78, 5) is 4.35. The fourth-order valence-electron chi connectivity index (χ4n) is 3.00. The fourth-order valence-corrected chi connectivity index (χ4v) is 3.92. The van der Waals surface area contributed by atoms with E-state index in [4.69, 9.17) is 0 Å². The molecule has 1 fully saturated rings. The summed E-state index contributed by atoms with van der Waals surface area (Å²) in [5, 5.41) is 16.5. The van der Waals surface area contributed by atoms with Gasteiger partial charge in [-0.25, -0.2) is 12.7 Å². The highest BCUT2D eigenvalue weighted by atomic mass is 127. The Morgan fingerprint density at radius 2 is 2.00 bits per heavy atom. The highest BCUT2D eigenvalue weighted by Gasteiger charge is 2.28. The van der Waals surface area contributed by atoms with Crippen LogP contribution >= 0.6 is 24.0 Å². The van der Waals surface area contributed by atoms with Crippen molar-refractivity contribution in [2.24, 2.45) is 10.9 Å². The van der Waals surface area contributed by atoms with Crippen molar-refractivity contribution >= 4 is 40.0 Å². The number of aliphatic hydroxyl groups is 1. The lowest BCUT2D eigenvalue weighted by atomic mass is 10.1. The molecule has 1 aliphatic rings. The maximum absolute atomic E-state index is 12.2. The molecular weight excluding hydrogens is 533 g/mol. The van der Waals surface area contributed by atoms with Gasteiger partial charge in [-0.1, -0.05) is 12.1 Å². The lowest BCUT2D eigenvalue weighted by molar-refractivity contribution is -0.0498. The average molecular weight is 562 g/mol. The summed E-state index contributed by atoms with van der Waals surface area (Å²) in [6.07, 6.45) is 1.08. The predicted octanol–water partition coefficient (Wildman–Crippen LogP) is 1.78. The molecule has 172 valence electrons. The standard InChI is InChI=1S/C18H28F2N4O4S.HI/c1-3-21-18(22-10-13-8-9-24(12-13)29(2,26)27)23-11-16(25)14-4-6-15(7-5-14)28-17(19)20;/h4-7,13,16-17,25H,3,8-12H2,1-2H3,(H2,21,22,23);1H. The van der Waals surface area contributed by atoms with Crippen LogP contribution < -0.4 is 15.4 Å². The molecule has 8 nitrogen and oxygen atoms in total. The van der Waals surface area contributed by atoms with Gasteiger partial charge in [0.25, 0.3) is 0 Å². The molecule has 0 spiro atoms. The predicted molar refractivity (Wildman–Crippen MR) is 122 cm³/mol. The summed E-state index contributed by atoms with van der Waals surface area (Å²) < 4.78 is 53.3. The first-order valence-corrected chi connectivity index (χ1v) is 11.2. The number of hydrogen-bond acceptors (Lipinski definition) is 5. The Labute approximate surface area is 193 Å². The van der Waals surface area contributed by atoms with Gasteiger partial charge in [0.2, 0.25) is 10.0 Å². The number of nitrogens with zero attached hydrogens (tertiary/aromatic N) is 2. The minimum absolute atomic E-state index is 0. The number of halogens is 3. The second-order valence-electron chi connectivity index (χ2n) is 6.84. The number of aliphatic hydroxyl groups excluding tert-OH is 1. The van der Waals surface area contributed by atoms with Crippen molar-refractivity contribution < 1.29 is 27.0 Å². The minimum Gasteiger partial charge on any atom is -0.435 e. The number of sulfonamides is 1. The second-order valence-corrected chi connectivity index (χ2v) is 8.82. The molecule has 1 heterocycles. The van der Waals surface area contributed by atoms with Crippen molar-refractivity contribution in [1.82, 2.24) is 14.9 Å². The number of alkyl halides is 2. The Bertz CT molecular complexity index is 781. The van der Waals surface area contributed by atoms with E-state index in [-0.39, 0.29) is 42.2 Å². The van der Waals surface area contributed by atoms with Crippen LogP contribution in [0.4, 0.5) is 8.78 Å². The minimum atomic E-state index is -3.17. The molecule has 2 atom stereocenters. The highest BCUT2D eigenvalue weighted by molar-refractivity contribution is 14.0. The monoisotopic (exact) mass is 562 g/mol. The molecule has 2 rings (SSSR count). The number of nitrogens with one attached hydrogen (secondary N) is 2. The summed E-state index contributed by atoms with van der Waals surface area (Å²) in [5.74, 6) is 0.719. The molecule has 0 aliphatic carbocycles. The van der Waals surface area contributed by atoms with E-state index in [0.717, 1.165) is 6.42 Å². The van der Waals surface area contributed by atoms with E-state index in [9.17, 15) is 22.3 Å². The lowest BCUT2D eigenvalue weighted by Gasteiger charge is -2.17. The van der Waals surface area contributed by atoms with Crippen molar-refractivity contribution in [2.45, 2.75) is 26.1 Å². The Hall–Kier alpha value is -1.25. The molecule has 2 unspecified atom stereocenters. The lowest BCUT2D eigenvalue weighted by Crippen LogP contribution is -2.40. The fraction of sp³-hybridized carbons (Fsp3) is 0.611. The highest BCUT2D eigenvalue weighted by Crippen LogP contribution is 2.20. The van der Waals surface area contributed by atoms with Crippen molar-refractivity contribution in [3.8, 4) is 5.75 Å². The van der Waals surface area contributed by atoms with Crippen LogP contribution in [-0.4, -0.2) is 69.4 Å². The van der Waals surface area contributed by atoms with Crippen molar-refractivity contribution in [2.75, 3.05) is 39.0 Å². The molecule has 30 heavy (non-hydrogen) atoms. The van der Waals surface area contributed by atoms with Crippen LogP contribution in [0.5, 0.6) is 5.75 Å². The smallest absolute Gasteiger partial charge is 0.387 e. The van der Waals surface area contributed by atoms with Crippen LogP contribution in [0.1, 0.15) is 25.0 Å². The number of hydrogen-bond donors (Lipinski definition) is 3. The summed E-state index contributed by atoms with van der Waals surface area (Å²) in [7, 11) is -3.17. The molecule has 0 amide bonds. The molecule has 3 N–H and O–H groups in total. The largest absolute Gasteiger partial charge is 0.435 e. The summed E-state index contributed by atoms with van der Waals surface area (Å²) in [5.41, 5.74) is 0.533. The van der Waals surface area contributed by atoms with Crippen LogP contribution in [0.15, 0.2) is 29.3 Å². The van der Waals surface area contributed by atoms with E-state index in [2.05, 4.69) is 20.4 Å². The zero-order valence-corrected chi connectivity index (χ0v) is 20.1. The van der Waals surface area contributed by atoms with Gasteiger partial charge in [-0.2, -0.15) is 8.78 Å². The van der Waals surface area contributed by atoms with Gasteiger partial charge >= 0.3 is 6.61 Å². The van der Waals surface area contributed by atoms with E-state index < -0.39 is 22.7 Å². The number of aliphatic imine (C=N–C) groups is 1. The SMILES string of the molecule is CCNC(=NCC(O)c1ccc(OC(F)F)cc1)NCC1CCN(S(C)(=O)=O)C1.I. The van der Waals surface area contributed by atoms with Gasteiger partial charge < -0.3 is 20.5 Å². The third kappa shape index (κ3) is 8.86. The Kier molecular flexibility index (Phi) is 11.2. The van der Waals surface area contributed by atoms with E-state index in [0.29, 0.717) is 37.7 Å². The van der Waals surface area contributed by atoms with Crippen molar-refractivity contribution in [3.05, 3.63) is 29.8 Å². The van der Waals surface area contributed by atoms with Gasteiger partial charge in [0.15, 0.2) is 5.96 Å². The Morgan fingerprint density at radius 1 is 1.33 bits per heavy atom. The summed E-state index contributed by atoms with van der Waals surface area (Å²) >= 11 is 0. The van der Waals surface area contributed by atoms with Gasteiger partial charge in [0.1, 0.15) is 5.75 Å². The molecular formula is C18H29F2IN4O4S.